The highest BCUT2D eigenvalue weighted by Gasteiger charge is 2.50. The largest absolute Gasteiger partial charge is 0.490 e. The molecule has 7 atom stereocenters. The number of aryl methyl sites for hydroxylation is 1. The zero-order chi connectivity index (χ0) is 37.7. The van der Waals surface area contributed by atoms with E-state index in [0.717, 1.165) is 87.8 Å². The summed E-state index contributed by atoms with van der Waals surface area (Å²) in [5, 5.41) is -0.0132. The summed E-state index contributed by atoms with van der Waals surface area (Å²) in [6.45, 7) is 10.9. The lowest BCUT2D eigenvalue weighted by molar-refractivity contribution is -0.0987. The smallest absolute Gasteiger partial charge is 0.264 e. The predicted molar refractivity (Wildman–Crippen MR) is 215 cm³/mol. The van der Waals surface area contributed by atoms with Gasteiger partial charge in [0.15, 0.2) is 0 Å². The van der Waals surface area contributed by atoms with Crippen LogP contribution >= 0.6 is 11.6 Å². The quantitative estimate of drug-likeness (QED) is 0.340. The molecule has 4 heterocycles. The fraction of sp³-hybridized carbons (Fsp3) is 0.651. The lowest BCUT2D eigenvalue weighted by Gasteiger charge is -2.53. The van der Waals surface area contributed by atoms with E-state index in [0.29, 0.717) is 30.6 Å². The minimum atomic E-state index is -3.95. The molecular weight excluding hydrogens is 720 g/mol. The molecule has 1 amide bonds. The minimum absolute atomic E-state index is 0.207. The van der Waals surface area contributed by atoms with Crippen LogP contribution in [0.2, 0.25) is 5.02 Å². The third kappa shape index (κ3) is 7.35. The lowest BCUT2D eigenvalue weighted by Crippen LogP contribution is -2.60. The number of sulfonamides is 1. The Labute approximate surface area is 327 Å². The van der Waals surface area contributed by atoms with Crippen LogP contribution in [0.25, 0.3) is 0 Å². The van der Waals surface area contributed by atoms with Gasteiger partial charge in [0.25, 0.3) is 5.91 Å². The summed E-state index contributed by atoms with van der Waals surface area (Å²) < 4.78 is 43.2. The van der Waals surface area contributed by atoms with E-state index in [-0.39, 0.29) is 17.3 Å². The first-order chi connectivity index (χ1) is 26.0. The Morgan fingerprint density at radius 2 is 1.87 bits per heavy atom. The van der Waals surface area contributed by atoms with E-state index in [1.165, 1.54) is 43.4 Å². The van der Waals surface area contributed by atoms with Crippen LogP contribution < -0.4 is 14.4 Å². The fourth-order valence-corrected chi connectivity index (χ4v) is 12.2. The number of carbonyl (C=O) groups excluding carboxylic acids is 1. The Balaban J connectivity index is 1.18. The standard InChI is InChI=1S/C43H59ClN4O5S/c1-30-9-7-19-43(52-3,28-46-21-22-47-20-6-4-5-11-36(47)26-46)38-15-12-34(38)25-48-27-42(18-8-10-32-23-35(44)14-16-37(32)42)29-53-40-17-13-33(24-39(40)48)41(49)45-54(50,51)31(30)2/h7,13-14,16-17,19,23-24,30-31,34,36,38H,4-6,8-12,15,18,20-22,25-29H2,1-3H3,(H,45,49)/b19-7+/t30-,31+,34-,36+,38+,42-,43-/m0/s1. The summed E-state index contributed by atoms with van der Waals surface area (Å²) in [4.78, 5) is 21.5. The van der Waals surface area contributed by atoms with E-state index in [1.807, 2.05) is 32.2 Å². The van der Waals surface area contributed by atoms with E-state index in [4.69, 9.17) is 21.1 Å². The van der Waals surface area contributed by atoms with Crippen molar-refractivity contribution >= 4 is 33.2 Å². The number of hydrogen-bond acceptors (Lipinski definition) is 8. The van der Waals surface area contributed by atoms with Gasteiger partial charge >= 0.3 is 0 Å². The molecule has 3 fully saturated rings. The van der Waals surface area contributed by atoms with Crippen molar-refractivity contribution in [1.82, 2.24) is 14.5 Å². The van der Waals surface area contributed by atoms with Gasteiger partial charge in [0, 0.05) is 68.4 Å². The van der Waals surface area contributed by atoms with Crippen molar-refractivity contribution in [2.24, 2.45) is 17.8 Å². The molecule has 1 spiro atoms. The second-order valence-corrected chi connectivity index (χ2v) is 19.9. The Bertz CT molecular complexity index is 1860. The molecule has 2 bridgehead atoms. The number of hydrogen-bond donors (Lipinski definition) is 1. The van der Waals surface area contributed by atoms with Gasteiger partial charge < -0.3 is 14.4 Å². The first-order valence-electron chi connectivity index (χ1n) is 20.6. The van der Waals surface area contributed by atoms with E-state index in [2.05, 4.69) is 43.7 Å². The second kappa shape index (κ2) is 15.4. The number of fused-ring (bicyclic) bond motifs is 5. The summed E-state index contributed by atoms with van der Waals surface area (Å²) in [6.07, 6.45) is 15.4. The maximum atomic E-state index is 13.7. The Hall–Kier alpha value is -2.63. The van der Waals surface area contributed by atoms with Gasteiger partial charge in [-0.1, -0.05) is 49.6 Å². The topological polar surface area (TPSA) is 91.4 Å². The molecule has 0 unspecified atom stereocenters. The number of methoxy groups -OCH3 is 1. The molecule has 0 aromatic heterocycles. The summed E-state index contributed by atoms with van der Waals surface area (Å²) in [5.41, 5.74) is 2.97. The number of ether oxygens (including phenoxy) is 2. The van der Waals surface area contributed by atoms with Crippen LogP contribution in [0.4, 0.5) is 5.69 Å². The van der Waals surface area contributed by atoms with Crippen LogP contribution in [0.3, 0.4) is 0 Å². The molecule has 294 valence electrons. The van der Waals surface area contributed by atoms with Gasteiger partial charge in [-0.05, 0) is 124 Å². The van der Waals surface area contributed by atoms with Crippen LogP contribution in [-0.4, -0.2) is 101 Å². The Morgan fingerprint density at radius 3 is 2.69 bits per heavy atom. The predicted octanol–water partition coefficient (Wildman–Crippen LogP) is 6.83. The van der Waals surface area contributed by atoms with Crippen molar-refractivity contribution in [3.8, 4) is 5.75 Å². The van der Waals surface area contributed by atoms with Gasteiger partial charge in [-0.3, -0.25) is 14.6 Å². The van der Waals surface area contributed by atoms with E-state index in [1.54, 1.807) is 13.0 Å². The number of nitrogens with zero attached hydrogens (tertiary/aromatic N) is 3. The molecule has 1 saturated carbocycles. The maximum Gasteiger partial charge on any atom is 0.264 e. The second-order valence-electron chi connectivity index (χ2n) is 17.5. The molecule has 54 heavy (non-hydrogen) atoms. The first kappa shape index (κ1) is 38.3. The third-order valence-corrected chi connectivity index (χ3v) is 16.4. The number of piperazine rings is 1. The molecule has 0 radical (unpaired) electrons. The van der Waals surface area contributed by atoms with Crippen LogP contribution in [0.1, 0.15) is 93.1 Å². The lowest BCUT2D eigenvalue weighted by atomic mass is 9.63. The number of halogens is 1. The molecule has 6 aliphatic rings. The third-order valence-electron chi connectivity index (χ3n) is 14.3. The highest BCUT2D eigenvalue weighted by Crippen LogP contribution is 2.49. The molecule has 2 aromatic rings. The number of allylic oxidation sites excluding steroid dienone is 1. The van der Waals surface area contributed by atoms with Crippen LogP contribution in [-0.2, 0) is 26.6 Å². The van der Waals surface area contributed by atoms with Crippen molar-refractivity contribution in [3.05, 3.63) is 70.3 Å². The number of amides is 1. The monoisotopic (exact) mass is 778 g/mol. The van der Waals surface area contributed by atoms with Crippen molar-refractivity contribution in [1.29, 1.82) is 0 Å². The normalized spacial score (nSPS) is 35.2. The number of rotatable bonds is 3. The number of nitrogens with one attached hydrogen (secondary N) is 1. The summed E-state index contributed by atoms with van der Waals surface area (Å²) in [7, 11) is -2.07. The minimum Gasteiger partial charge on any atom is -0.490 e. The SMILES string of the molecule is CO[C@]1(CN2CCN3CCCCC[C@@H]3C2)/C=C/C[C@H](C)[C@@H](C)S(=O)(=O)NC(=O)c2ccc3c(c2)N(C[C@@H]2CC[C@H]21)C[C@@]1(CCCc2cc(Cl)ccc21)CO3. The molecule has 2 saturated heterocycles. The average Bonchev–Trinajstić information content (AvgIpc) is 3.47. The molecule has 2 aliphatic carbocycles. The zero-order valence-electron chi connectivity index (χ0n) is 32.4. The molecule has 1 N–H and O–H groups in total. The van der Waals surface area contributed by atoms with E-state index in [9.17, 15) is 13.2 Å². The first-order valence-corrected chi connectivity index (χ1v) is 22.5. The summed E-state index contributed by atoms with van der Waals surface area (Å²) in [5.74, 6) is 0.548. The van der Waals surface area contributed by atoms with Crippen molar-refractivity contribution in [2.45, 2.75) is 100 Å². The van der Waals surface area contributed by atoms with Gasteiger partial charge in [0.2, 0.25) is 10.0 Å². The van der Waals surface area contributed by atoms with Crippen molar-refractivity contribution in [3.63, 3.8) is 0 Å². The molecular formula is C43H59ClN4O5S. The van der Waals surface area contributed by atoms with Crippen molar-refractivity contribution in [2.75, 3.05) is 64.4 Å². The van der Waals surface area contributed by atoms with Crippen LogP contribution in [0.5, 0.6) is 5.75 Å². The van der Waals surface area contributed by atoms with Crippen LogP contribution in [0.15, 0.2) is 48.6 Å². The molecule has 4 aliphatic heterocycles. The number of carbonyl (C=O) groups is 1. The molecule has 11 heteroatoms. The Morgan fingerprint density at radius 1 is 1.00 bits per heavy atom. The Kier molecular flexibility index (Phi) is 10.9. The van der Waals surface area contributed by atoms with E-state index < -0.39 is 26.8 Å². The van der Waals surface area contributed by atoms with Gasteiger partial charge in [-0.2, -0.15) is 0 Å². The number of benzene rings is 2. The average molecular weight is 779 g/mol. The number of anilines is 1. The molecule has 8 rings (SSSR count). The summed E-state index contributed by atoms with van der Waals surface area (Å²) in [6, 6.07) is 12.3. The maximum absolute atomic E-state index is 13.7. The zero-order valence-corrected chi connectivity index (χ0v) is 34.0. The van der Waals surface area contributed by atoms with Gasteiger partial charge in [0.05, 0.1) is 17.5 Å². The van der Waals surface area contributed by atoms with Gasteiger partial charge in [0.1, 0.15) is 11.4 Å². The summed E-state index contributed by atoms with van der Waals surface area (Å²) >= 11 is 6.52. The van der Waals surface area contributed by atoms with Crippen LogP contribution in [0, 0.1) is 17.8 Å². The van der Waals surface area contributed by atoms with Crippen molar-refractivity contribution < 1.29 is 22.7 Å². The fourth-order valence-electron chi connectivity index (χ4n) is 10.7. The molecule has 2 aromatic carbocycles. The van der Waals surface area contributed by atoms with E-state index >= 15 is 0 Å². The van der Waals surface area contributed by atoms with Gasteiger partial charge in [-0.15, -0.1) is 0 Å². The highest BCUT2D eigenvalue weighted by atomic mass is 35.5. The van der Waals surface area contributed by atoms with Gasteiger partial charge in [-0.25, -0.2) is 13.1 Å². The molecule has 9 nitrogen and oxygen atoms in total. The highest BCUT2D eigenvalue weighted by molar-refractivity contribution is 7.90.